The van der Waals surface area contributed by atoms with E-state index in [-0.39, 0.29) is 6.61 Å². The third-order valence-electron chi connectivity index (χ3n) is 1.91. The van der Waals surface area contributed by atoms with Crippen LogP contribution in [0.1, 0.15) is 11.3 Å². The summed E-state index contributed by atoms with van der Waals surface area (Å²) in [7, 11) is 0. The lowest BCUT2D eigenvalue weighted by molar-refractivity contribution is -0.140. The van der Waals surface area contributed by atoms with E-state index in [2.05, 4.69) is 6.07 Å². The third-order valence-corrected chi connectivity index (χ3v) is 2.84. The second-order valence-electron chi connectivity index (χ2n) is 3.20. The van der Waals surface area contributed by atoms with E-state index in [0.717, 1.165) is 12.8 Å². The van der Waals surface area contributed by atoms with Crippen LogP contribution >= 0.6 is 11.3 Å². The van der Waals surface area contributed by atoms with E-state index in [9.17, 15) is 4.79 Å². The van der Waals surface area contributed by atoms with Crippen LogP contribution in [0.25, 0.3) is 0 Å². The largest absolute Gasteiger partial charge is 0.480 e. The molecular formula is C10H15NO3S. The van der Waals surface area contributed by atoms with Gasteiger partial charge in [0, 0.05) is 11.5 Å². The van der Waals surface area contributed by atoms with Crippen molar-refractivity contribution in [3.8, 4) is 0 Å². The fourth-order valence-corrected chi connectivity index (χ4v) is 1.84. The first-order valence-electron chi connectivity index (χ1n) is 4.78. The molecule has 0 aromatic carbocycles. The average molecular weight is 229 g/mol. The molecule has 84 valence electrons. The monoisotopic (exact) mass is 229 g/mol. The molecule has 0 fully saturated rings. The number of ether oxygens (including phenoxy) is 1. The SMILES string of the molecule is N[C@@H](COCCCc1cccs1)C(=O)O. The zero-order valence-electron chi connectivity index (χ0n) is 8.39. The van der Waals surface area contributed by atoms with Crippen molar-refractivity contribution in [1.29, 1.82) is 0 Å². The molecule has 4 nitrogen and oxygen atoms in total. The molecule has 1 aromatic rings. The Morgan fingerprint density at radius 3 is 3.07 bits per heavy atom. The smallest absolute Gasteiger partial charge is 0.322 e. The van der Waals surface area contributed by atoms with Gasteiger partial charge in [-0.2, -0.15) is 0 Å². The molecule has 0 aliphatic heterocycles. The summed E-state index contributed by atoms with van der Waals surface area (Å²) in [4.78, 5) is 11.7. The molecule has 1 rings (SSSR count). The minimum Gasteiger partial charge on any atom is -0.480 e. The molecule has 15 heavy (non-hydrogen) atoms. The van der Waals surface area contributed by atoms with Gasteiger partial charge in [0.15, 0.2) is 0 Å². The van der Waals surface area contributed by atoms with Crippen molar-refractivity contribution >= 4 is 17.3 Å². The average Bonchev–Trinajstić information content (AvgIpc) is 2.69. The Morgan fingerprint density at radius 1 is 1.67 bits per heavy atom. The topological polar surface area (TPSA) is 72.5 Å². The number of carbonyl (C=O) groups is 1. The molecule has 0 aliphatic rings. The Kier molecular flexibility index (Phi) is 5.31. The summed E-state index contributed by atoms with van der Waals surface area (Å²) in [6, 6.07) is 3.18. The van der Waals surface area contributed by atoms with E-state index in [1.807, 2.05) is 11.4 Å². The number of aryl methyl sites for hydroxylation is 1. The maximum Gasteiger partial charge on any atom is 0.322 e. The maximum atomic E-state index is 10.3. The van der Waals surface area contributed by atoms with Gasteiger partial charge in [0.1, 0.15) is 6.04 Å². The molecule has 0 aliphatic carbocycles. The van der Waals surface area contributed by atoms with Gasteiger partial charge in [0.2, 0.25) is 0 Å². The van der Waals surface area contributed by atoms with Crippen LogP contribution in [0.15, 0.2) is 17.5 Å². The molecule has 0 unspecified atom stereocenters. The van der Waals surface area contributed by atoms with Crippen LogP contribution in [-0.4, -0.2) is 30.3 Å². The van der Waals surface area contributed by atoms with Crippen LogP contribution in [0, 0.1) is 0 Å². The first kappa shape index (κ1) is 12.2. The number of hydrogen-bond acceptors (Lipinski definition) is 4. The van der Waals surface area contributed by atoms with E-state index in [1.165, 1.54) is 4.88 Å². The van der Waals surface area contributed by atoms with Gasteiger partial charge in [-0.25, -0.2) is 0 Å². The molecule has 1 heterocycles. The first-order chi connectivity index (χ1) is 7.20. The summed E-state index contributed by atoms with van der Waals surface area (Å²) in [5.74, 6) is -1.02. The van der Waals surface area contributed by atoms with Crippen LogP contribution < -0.4 is 5.73 Å². The Labute approximate surface area is 92.7 Å². The summed E-state index contributed by atoms with van der Waals surface area (Å²) < 4.78 is 5.15. The van der Waals surface area contributed by atoms with Crippen molar-refractivity contribution in [1.82, 2.24) is 0 Å². The lowest BCUT2D eigenvalue weighted by Crippen LogP contribution is -2.35. The molecule has 1 aromatic heterocycles. The number of aliphatic carboxylic acids is 1. The molecule has 0 bridgehead atoms. The lowest BCUT2D eigenvalue weighted by atomic mass is 10.3. The van der Waals surface area contributed by atoms with Crippen molar-refractivity contribution in [2.75, 3.05) is 13.2 Å². The van der Waals surface area contributed by atoms with E-state index in [1.54, 1.807) is 11.3 Å². The van der Waals surface area contributed by atoms with Crippen LogP contribution in [0.3, 0.4) is 0 Å². The number of carboxylic acids is 1. The fourth-order valence-electron chi connectivity index (χ4n) is 1.08. The van der Waals surface area contributed by atoms with Crippen LogP contribution in [0.5, 0.6) is 0 Å². The summed E-state index contributed by atoms with van der Waals surface area (Å²) in [5.41, 5.74) is 5.27. The Morgan fingerprint density at radius 2 is 2.47 bits per heavy atom. The molecular weight excluding hydrogens is 214 g/mol. The molecule has 5 heteroatoms. The third kappa shape index (κ3) is 4.92. The van der Waals surface area contributed by atoms with Gasteiger partial charge in [-0.1, -0.05) is 6.07 Å². The normalized spacial score (nSPS) is 12.6. The van der Waals surface area contributed by atoms with Gasteiger partial charge in [-0.05, 0) is 24.3 Å². The first-order valence-corrected chi connectivity index (χ1v) is 5.66. The molecule has 3 N–H and O–H groups in total. The quantitative estimate of drug-likeness (QED) is 0.687. The number of thiophene rings is 1. The Hall–Kier alpha value is -0.910. The van der Waals surface area contributed by atoms with Gasteiger partial charge in [0.25, 0.3) is 0 Å². The summed E-state index contributed by atoms with van der Waals surface area (Å²) in [5, 5.41) is 10.5. The van der Waals surface area contributed by atoms with Gasteiger partial charge in [-0.15, -0.1) is 11.3 Å². The van der Waals surface area contributed by atoms with Crippen molar-refractivity contribution < 1.29 is 14.6 Å². The number of rotatable bonds is 7. The van der Waals surface area contributed by atoms with Crippen LogP contribution in [0.2, 0.25) is 0 Å². The zero-order valence-corrected chi connectivity index (χ0v) is 9.20. The fraction of sp³-hybridized carbons (Fsp3) is 0.500. The van der Waals surface area contributed by atoms with E-state index >= 15 is 0 Å². The molecule has 0 saturated heterocycles. The van der Waals surface area contributed by atoms with Crippen molar-refractivity contribution in [3.63, 3.8) is 0 Å². The van der Waals surface area contributed by atoms with E-state index in [4.69, 9.17) is 15.6 Å². The zero-order chi connectivity index (χ0) is 11.1. The number of nitrogens with two attached hydrogens (primary N) is 1. The Balaban J connectivity index is 2.00. The highest BCUT2D eigenvalue weighted by atomic mass is 32.1. The number of carboxylic acid groups (broad SMARTS) is 1. The van der Waals surface area contributed by atoms with Crippen molar-refractivity contribution in [2.45, 2.75) is 18.9 Å². The van der Waals surface area contributed by atoms with Crippen molar-refractivity contribution in [3.05, 3.63) is 22.4 Å². The molecule has 0 amide bonds. The van der Waals surface area contributed by atoms with Crippen LogP contribution in [-0.2, 0) is 16.0 Å². The highest BCUT2D eigenvalue weighted by Crippen LogP contribution is 2.10. The summed E-state index contributed by atoms with van der Waals surface area (Å²) in [6.45, 7) is 0.638. The Bertz CT molecular complexity index is 287. The van der Waals surface area contributed by atoms with E-state index in [0.29, 0.717) is 6.61 Å². The highest BCUT2D eigenvalue weighted by Gasteiger charge is 2.10. The molecule has 0 radical (unpaired) electrons. The van der Waals surface area contributed by atoms with Gasteiger partial charge < -0.3 is 15.6 Å². The maximum absolute atomic E-state index is 10.3. The predicted octanol–water partition coefficient (Wildman–Crippen LogP) is 1.11. The number of hydrogen-bond donors (Lipinski definition) is 2. The minimum absolute atomic E-state index is 0.0831. The molecule has 1 atom stereocenters. The van der Waals surface area contributed by atoms with Gasteiger partial charge in [0.05, 0.1) is 6.61 Å². The van der Waals surface area contributed by atoms with Gasteiger partial charge in [-0.3, -0.25) is 4.79 Å². The molecule has 0 spiro atoms. The second-order valence-corrected chi connectivity index (χ2v) is 4.23. The van der Waals surface area contributed by atoms with Crippen LogP contribution in [0.4, 0.5) is 0 Å². The lowest BCUT2D eigenvalue weighted by Gasteiger charge is -2.06. The van der Waals surface area contributed by atoms with Crippen molar-refractivity contribution in [2.24, 2.45) is 5.73 Å². The van der Waals surface area contributed by atoms with Gasteiger partial charge >= 0.3 is 5.97 Å². The van der Waals surface area contributed by atoms with E-state index < -0.39 is 12.0 Å². The predicted molar refractivity (Wildman–Crippen MR) is 59.1 cm³/mol. The summed E-state index contributed by atoms with van der Waals surface area (Å²) >= 11 is 1.72. The molecule has 0 saturated carbocycles. The second kappa shape index (κ2) is 6.55. The highest BCUT2D eigenvalue weighted by molar-refractivity contribution is 7.09. The standard InChI is InChI=1S/C10H15NO3S/c11-9(10(12)13)7-14-5-1-3-8-4-2-6-15-8/h2,4,6,9H,1,3,5,7,11H2,(H,12,13)/t9-/m0/s1. The summed E-state index contributed by atoms with van der Waals surface area (Å²) in [6.07, 6.45) is 1.87. The minimum atomic E-state index is -1.02.